The summed E-state index contributed by atoms with van der Waals surface area (Å²) in [5, 5.41) is 3.61. The van der Waals surface area contributed by atoms with E-state index in [2.05, 4.69) is 48.5 Å². The van der Waals surface area contributed by atoms with Crippen molar-refractivity contribution in [3.8, 4) is 0 Å². The van der Waals surface area contributed by atoms with Gasteiger partial charge in [0.15, 0.2) is 0 Å². The van der Waals surface area contributed by atoms with Gasteiger partial charge in [0.1, 0.15) is 0 Å². The molecule has 1 N–H and O–H groups in total. The molecule has 1 fully saturated rings. The fourth-order valence-electron chi connectivity index (χ4n) is 2.64. The SMILES string of the molecule is Cc1cccc(CN(C)C[C@@H]2CCCCN2)c1. The van der Waals surface area contributed by atoms with E-state index in [1.807, 2.05) is 0 Å². The van der Waals surface area contributed by atoms with Crippen LogP contribution in [0.15, 0.2) is 24.3 Å². The molecule has 1 saturated heterocycles. The highest BCUT2D eigenvalue weighted by Crippen LogP contribution is 2.10. The first-order chi connectivity index (χ1) is 8.24. The van der Waals surface area contributed by atoms with E-state index in [9.17, 15) is 0 Å². The third-order valence-electron chi connectivity index (χ3n) is 3.48. The highest BCUT2D eigenvalue weighted by atomic mass is 15.1. The van der Waals surface area contributed by atoms with Gasteiger partial charge in [-0.3, -0.25) is 0 Å². The zero-order chi connectivity index (χ0) is 12.1. The summed E-state index contributed by atoms with van der Waals surface area (Å²) in [5.74, 6) is 0. The van der Waals surface area contributed by atoms with Crippen LogP contribution in [0.3, 0.4) is 0 Å². The van der Waals surface area contributed by atoms with Crippen LogP contribution in [0.25, 0.3) is 0 Å². The largest absolute Gasteiger partial charge is 0.313 e. The maximum atomic E-state index is 3.61. The van der Waals surface area contributed by atoms with Crippen LogP contribution in [-0.4, -0.2) is 31.1 Å². The zero-order valence-corrected chi connectivity index (χ0v) is 11.1. The second-order valence-corrected chi connectivity index (χ2v) is 5.33. The Labute approximate surface area is 105 Å². The van der Waals surface area contributed by atoms with E-state index in [0.717, 1.165) is 13.1 Å². The van der Waals surface area contributed by atoms with Gasteiger partial charge >= 0.3 is 0 Å². The van der Waals surface area contributed by atoms with Gasteiger partial charge in [-0.1, -0.05) is 36.2 Å². The smallest absolute Gasteiger partial charge is 0.0231 e. The molecule has 94 valence electrons. The fraction of sp³-hybridized carbons (Fsp3) is 0.600. The number of hydrogen-bond donors (Lipinski definition) is 1. The molecular formula is C15H24N2. The lowest BCUT2D eigenvalue weighted by molar-refractivity contribution is 0.256. The van der Waals surface area contributed by atoms with Crippen molar-refractivity contribution in [2.24, 2.45) is 0 Å². The van der Waals surface area contributed by atoms with Gasteiger partial charge in [-0.15, -0.1) is 0 Å². The molecule has 0 radical (unpaired) electrons. The average Bonchev–Trinajstić information content (AvgIpc) is 2.30. The van der Waals surface area contributed by atoms with E-state index in [-0.39, 0.29) is 0 Å². The summed E-state index contributed by atoms with van der Waals surface area (Å²) >= 11 is 0. The maximum absolute atomic E-state index is 3.61. The van der Waals surface area contributed by atoms with Crippen molar-refractivity contribution in [2.45, 2.75) is 38.8 Å². The number of hydrogen-bond acceptors (Lipinski definition) is 2. The lowest BCUT2D eigenvalue weighted by Gasteiger charge is -2.28. The van der Waals surface area contributed by atoms with Gasteiger partial charge in [-0.2, -0.15) is 0 Å². The van der Waals surface area contributed by atoms with Gasteiger partial charge in [-0.05, 0) is 38.9 Å². The van der Waals surface area contributed by atoms with E-state index in [1.165, 1.54) is 36.9 Å². The Morgan fingerprint density at radius 2 is 2.24 bits per heavy atom. The summed E-state index contributed by atoms with van der Waals surface area (Å²) in [6.45, 7) is 5.57. The number of likely N-dealkylation sites (N-methyl/N-ethyl adjacent to an activating group) is 1. The zero-order valence-electron chi connectivity index (χ0n) is 11.1. The van der Waals surface area contributed by atoms with E-state index < -0.39 is 0 Å². The normalized spacial score (nSPS) is 20.8. The summed E-state index contributed by atoms with van der Waals surface area (Å²) in [4.78, 5) is 2.43. The maximum Gasteiger partial charge on any atom is 0.0231 e. The monoisotopic (exact) mass is 232 g/mol. The lowest BCUT2D eigenvalue weighted by atomic mass is 10.0. The molecule has 1 aromatic carbocycles. The minimum absolute atomic E-state index is 0.693. The highest BCUT2D eigenvalue weighted by molar-refractivity contribution is 5.22. The third kappa shape index (κ3) is 4.14. The molecule has 1 aromatic rings. The van der Waals surface area contributed by atoms with E-state index >= 15 is 0 Å². The summed E-state index contributed by atoms with van der Waals surface area (Å²) in [5.41, 5.74) is 2.77. The second-order valence-electron chi connectivity index (χ2n) is 5.33. The summed E-state index contributed by atoms with van der Waals surface area (Å²) in [7, 11) is 2.22. The quantitative estimate of drug-likeness (QED) is 0.858. The van der Waals surface area contributed by atoms with E-state index in [4.69, 9.17) is 0 Å². The van der Waals surface area contributed by atoms with Crippen LogP contribution in [0, 0.1) is 6.92 Å². The number of rotatable bonds is 4. The molecule has 2 nitrogen and oxygen atoms in total. The van der Waals surface area contributed by atoms with Gasteiger partial charge < -0.3 is 10.2 Å². The Morgan fingerprint density at radius 1 is 1.35 bits per heavy atom. The Balaban J connectivity index is 1.82. The molecule has 2 heteroatoms. The van der Waals surface area contributed by atoms with Crippen LogP contribution in [0.4, 0.5) is 0 Å². The van der Waals surface area contributed by atoms with Crippen molar-refractivity contribution < 1.29 is 0 Å². The molecule has 0 unspecified atom stereocenters. The molecule has 0 aliphatic carbocycles. The van der Waals surface area contributed by atoms with Crippen molar-refractivity contribution in [1.29, 1.82) is 0 Å². The summed E-state index contributed by atoms with van der Waals surface area (Å²) in [6.07, 6.45) is 4.06. The Morgan fingerprint density at radius 3 is 2.94 bits per heavy atom. The molecule has 0 aromatic heterocycles. The van der Waals surface area contributed by atoms with Crippen LogP contribution in [0.5, 0.6) is 0 Å². The molecule has 1 aliphatic heterocycles. The van der Waals surface area contributed by atoms with Crippen LogP contribution in [0.2, 0.25) is 0 Å². The third-order valence-corrected chi connectivity index (χ3v) is 3.48. The van der Waals surface area contributed by atoms with Crippen molar-refractivity contribution >= 4 is 0 Å². The molecule has 1 aliphatic rings. The number of piperidine rings is 1. The van der Waals surface area contributed by atoms with Gasteiger partial charge in [0, 0.05) is 19.1 Å². The number of nitrogens with zero attached hydrogens (tertiary/aromatic N) is 1. The van der Waals surface area contributed by atoms with Crippen molar-refractivity contribution in [3.05, 3.63) is 35.4 Å². The van der Waals surface area contributed by atoms with Gasteiger partial charge in [-0.25, -0.2) is 0 Å². The predicted octanol–water partition coefficient (Wildman–Crippen LogP) is 2.57. The lowest BCUT2D eigenvalue weighted by Crippen LogP contribution is -2.42. The molecule has 17 heavy (non-hydrogen) atoms. The van der Waals surface area contributed by atoms with Crippen LogP contribution >= 0.6 is 0 Å². The summed E-state index contributed by atoms with van der Waals surface area (Å²) in [6, 6.07) is 9.50. The molecule has 0 spiro atoms. The van der Waals surface area contributed by atoms with E-state index in [1.54, 1.807) is 0 Å². The first-order valence-electron chi connectivity index (χ1n) is 6.71. The van der Waals surface area contributed by atoms with E-state index in [0.29, 0.717) is 6.04 Å². The fourth-order valence-corrected chi connectivity index (χ4v) is 2.64. The molecule has 1 atom stereocenters. The first kappa shape index (κ1) is 12.6. The second kappa shape index (κ2) is 6.18. The average molecular weight is 232 g/mol. The van der Waals surface area contributed by atoms with Crippen LogP contribution in [0.1, 0.15) is 30.4 Å². The number of benzene rings is 1. The Kier molecular flexibility index (Phi) is 4.57. The molecule has 0 saturated carbocycles. The number of aryl methyl sites for hydroxylation is 1. The van der Waals surface area contributed by atoms with Gasteiger partial charge in [0.25, 0.3) is 0 Å². The summed E-state index contributed by atoms with van der Waals surface area (Å²) < 4.78 is 0. The minimum atomic E-state index is 0.693. The minimum Gasteiger partial charge on any atom is -0.313 e. The molecule has 0 amide bonds. The number of nitrogens with one attached hydrogen (secondary N) is 1. The van der Waals surface area contributed by atoms with Gasteiger partial charge in [0.05, 0.1) is 0 Å². The first-order valence-corrected chi connectivity index (χ1v) is 6.71. The molecule has 1 heterocycles. The Hall–Kier alpha value is -0.860. The molecular weight excluding hydrogens is 208 g/mol. The topological polar surface area (TPSA) is 15.3 Å². The molecule has 2 rings (SSSR count). The van der Waals surface area contributed by atoms with Crippen molar-refractivity contribution in [1.82, 2.24) is 10.2 Å². The molecule has 0 bridgehead atoms. The Bertz CT molecular complexity index is 343. The van der Waals surface area contributed by atoms with Crippen LogP contribution < -0.4 is 5.32 Å². The highest BCUT2D eigenvalue weighted by Gasteiger charge is 2.14. The standard InChI is InChI=1S/C15H24N2/c1-13-6-5-7-14(10-13)11-17(2)12-15-8-3-4-9-16-15/h5-7,10,15-16H,3-4,8-9,11-12H2,1-2H3/t15-/m0/s1. The predicted molar refractivity (Wildman–Crippen MR) is 73.2 cm³/mol. The van der Waals surface area contributed by atoms with Crippen LogP contribution in [-0.2, 0) is 6.54 Å². The van der Waals surface area contributed by atoms with Gasteiger partial charge in [0.2, 0.25) is 0 Å². The van der Waals surface area contributed by atoms with Crippen molar-refractivity contribution in [3.63, 3.8) is 0 Å². The van der Waals surface area contributed by atoms with Crippen molar-refractivity contribution in [2.75, 3.05) is 20.1 Å².